The summed E-state index contributed by atoms with van der Waals surface area (Å²) in [5.41, 5.74) is 1.57. The van der Waals surface area contributed by atoms with E-state index in [-0.39, 0.29) is 47.4 Å². The van der Waals surface area contributed by atoms with Crippen LogP contribution in [0.3, 0.4) is 0 Å². The second kappa shape index (κ2) is 9.94. The van der Waals surface area contributed by atoms with E-state index in [1.807, 2.05) is 30.3 Å². The van der Waals surface area contributed by atoms with Crippen LogP contribution in [0, 0.1) is 11.8 Å². The van der Waals surface area contributed by atoms with E-state index in [9.17, 15) is 22.8 Å². The normalized spacial score (nSPS) is 19.3. The quantitative estimate of drug-likeness (QED) is 0.637. The fourth-order valence-electron chi connectivity index (χ4n) is 4.48. The average molecular weight is 485 g/mol. The van der Waals surface area contributed by atoms with Crippen molar-refractivity contribution < 1.29 is 22.8 Å². The van der Waals surface area contributed by atoms with Gasteiger partial charge in [-0.2, -0.15) is 0 Å². The molecule has 2 fully saturated rings. The Bertz CT molecular complexity index is 1160. The van der Waals surface area contributed by atoms with Crippen LogP contribution in [0.25, 0.3) is 0 Å². The van der Waals surface area contributed by atoms with Crippen LogP contribution < -0.4 is 15.4 Å². The first-order chi connectivity index (χ1) is 16.2. The van der Waals surface area contributed by atoms with Crippen LogP contribution in [0.5, 0.6) is 0 Å². The zero-order valence-electron chi connectivity index (χ0n) is 18.7. The number of para-hydroxylation sites is 1. The van der Waals surface area contributed by atoms with E-state index in [4.69, 9.17) is 5.14 Å². The molecule has 0 spiro atoms. The molecule has 2 aliphatic rings. The number of hydrogen-bond acceptors (Lipinski definition) is 5. The number of primary sulfonamides is 1. The number of rotatable bonds is 6. The minimum Gasteiger partial charge on any atom is -0.352 e. The van der Waals surface area contributed by atoms with E-state index < -0.39 is 10.0 Å². The number of nitrogens with two attached hydrogens (primary N) is 1. The van der Waals surface area contributed by atoms with Gasteiger partial charge in [-0.05, 0) is 42.7 Å². The third-order valence-electron chi connectivity index (χ3n) is 6.44. The molecule has 1 atom stereocenters. The Morgan fingerprint density at radius 2 is 1.62 bits per heavy atom. The van der Waals surface area contributed by atoms with Gasteiger partial charge in [0.2, 0.25) is 27.7 Å². The number of benzene rings is 2. The first-order valence-electron chi connectivity index (χ1n) is 11.3. The Labute approximate surface area is 199 Å². The van der Waals surface area contributed by atoms with Gasteiger partial charge in [0.15, 0.2) is 0 Å². The maximum atomic E-state index is 13.0. The lowest BCUT2D eigenvalue weighted by Gasteiger charge is -2.33. The fourth-order valence-corrected chi connectivity index (χ4v) is 5.00. The molecule has 0 aliphatic carbocycles. The molecule has 2 saturated heterocycles. The van der Waals surface area contributed by atoms with Crippen molar-refractivity contribution >= 4 is 33.4 Å². The predicted octanol–water partition coefficient (Wildman–Crippen LogP) is 1.24. The topological polar surface area (TPSA) is 130 Å². The van der Waals surface area contributed by atoms with Crippen LogP contribution >= 0.6 is 0 Å². The molecule has 0 unspecified atom stereocenters. The standard InChI is InChI=1S/C24H28N4O5S/c25-34(32,33)21-8-6-17(7-9-21)15-26-23(30)18-10-12-27(13-11-18)24(31)19-14-22(29)28(16-19)20-4-2-1-3-5-20/h1-9,18-19H,10-16H2,(H,26,30)(H2,25,32,33)/t19-/m0/s1. The Kier molecular flexibility index (Phi) is 6.99. The molecule has 10 heteroatoms. The number of piperidine rings is 1. The first-order valence-corrected chi connectivity index (χ1v) is 12.8. The maximum Gasteiger partial charge on any atom is 0.238 e. The van der Waals surface area contributed by atoms with Crippen molar-refractivity contribution in [2.45, 2.75) is 30.7 Å². The van der Waals surface area contributed by atoms with E-state index in [1.54, 1.807) is 21.9 Å². The van der Waals surface area contributed by atoms with Crippen LogP contribution in [0.1, 0.15) is 24.8 Å². The summed E-state index contributed by atoms with van der Waals surface area (Å²) in [6, 6.07) is 15.4. The van der Waals surface area contributed by atoms with E-state index >= 15 is 0 Å². The summed E-state index contributed by atoms with van der Waals surface area (Å²) < 4.78 is 22.7. The summed E-state index contributed by atoms with van der Waals surface area (Å²) >= 11 is 0. The third-order valence-corrected chi connectivity index (χ3v) is 7.37. The summed E-state index contributed by atoms with van der Waals surface area (Å²) in [6.07, 6.45) is 1.33. The van der Waals surface area contributed by atoms with Crippen molar-refractivity contribution in [3.05, 3.63) is 60.2 Å². The van der Waals surface area contributed by atoms with E-state index in [0.717, 1.165) is 11.3 Å². The van der Waals surface area contributed by atoms with Gasteiger partial charge in [0.1, 0.15) is 0 Å². The second-order valence-electron chi connectivity index (χ2n) is 8.75. The SMILES string of the molecule is NS(=O)(=O)c1ccc(CNC(=O)C2CCN(C(=O)[C@H]3CC(=O)N(c4ccccc4)C3)CC2)cc1. The zero-order valence-corrected chi connectivity index (χ0v) is 19.5. The Morgan fingerprint density at radius 1 is 0.971 bits per heavy atom. The molecule has 34 heavy (non-hydrogen) atoms. The Balaban J connectivity index is 1.25. The van der Waals surface area contributed by atoms with Crippen molar-refractivity contribution in [1.82, 2.24) is 10.2 Å². The van der Waals surface area contributed by atoms with Crippen LogP contribution in [0.2, 0.25) is 0 Å². The smallest absolute Gasteiger partial charge is 0.238 e. The van der Waals surface area contributed by atoms with Crippen molar-refractivity contribution in [3.8, 4) is 0 Å². The van der Waals surface area contributed by atoms with E-state index in [1.165, 1.54) is 12.1 Å². The van der Waals surface area contributed by atoms with Gasteiger partial charge < -0.3 is 15.1 Å². The van der Waals surface area contributed by atoms with Gasteiger partial charge in [0.25, 0.3) is 0 Å². The van der Waals surface area contributed by atoms with Gasteiger partial charge in [-0.25, -0.2) is 13.6 Å². The molecule has 0 aromatic heterocycles. The van der Waals surface area contributed by atoms with Crippen LogP contribution in [0.4, 0.5) is 5.69 Å². The number of likely N-dealkylation sites (tertiary alicyclic amines) is 1. The van der Waals surface area contributed by atoms with Gasteiger partial charge >= 0.3 is 0 Å². The Morgan fingerprint density at radius 3 is 2.24 bits per heavy atom. The molecule has 0 bridgehead atoms. The number of anilines is 1. The number of amides is 3. The minimum absolute atomic E-state index is 0.0236. The zero-order chi connectivity index (χ0) is 24.3. The van der Waals surface area contributed by atoms with Gasteiger partial charge in [-0.1, -0.05) is 30.3 Å². The first kappa shape index (κ1) is 23.9. The number of hydrogen-bond donors (Lipinski definition) is 2. The fraction of sp³-hybridized carbons (Fsp3) is 0.375. The highest BCUT2D eigenvalue weighted by Gasteiger charge is 2.38. The highest BCUT2D eigenvalue weighted by Crippen LogP contribution is 2.28. The lowest BCUT2D eigenvalue weighted by Crippen LogP contribution is -2.45. The van der Waals surface area contributed by atoms with E-state index in [2.05, 4.69) is 5.32 Å². The van der Waals surface area contributed by atoms with Crippen LogP contribution in [-0.2, 0) is 31.0 Å². The monoisotopic (exact) mass is 484 g/mol. The van der Waals surface area contributed by atoms with Gasteiger partial charge in [0.05, 0.1) is 10.8 Å². The van der Waals surface area contributed by atoms with Gasteiger partial charge in [-0.3, -0.25) is 14.4 Å². The highest BCUT2D eigenvalue weighted by molar-refractivity contribution is 7.89. The second-order valence-corrected chi connectivity index (χ2v) is 10.3. The van der Waals surface area contributed by atoms with Gasteiger partial charge in [-0.15, -0.1) is 0 Å². The molecular weight excluding hydrogens is 456 g/mol. The number of nitrogens with zero attached hydrogens (tertiary/aromatic N) is 2. The third kappa shape index (κ3) is 5.45. The summed E-state index contributed by atoms with van der Waals surface area (Å²) in [5.74, 6) is -0.720. The lowest BCUT2D eigenvalue weighted by molar-refractivity contribution is -0.139. The summed E-state index contributed by atoms with van der Waals surface area (Å²) in [7, 11) is -3.75. The van der Waals surface area contributed by atoms with Crippen LogP contribution in [-0.4, -0.2) is 50.7 Å². The number of carbonyl (C=O) groups excluding carboxylic acids is 3. The molecular formula is C24H28N4O5S. The number of nitrogens with one attached hydrogen (secondary N) is 1. The van der Waals surface area contributed by atoms with Crippen LogP contribution in [0.15, 0.2) is 59.5 Å². The molecule has 9 nitrogen and oxygen atoms in total. The molecule has 3 N–H and O–H groups in total. The van der Waals surface area contributed by atoms with Crippen molar-refractivity contribution in [1.29, 1.82) is 0 Å². The molecule has 2 aromatic carbocycles. The molecule has 0 radical (unpaired) electrons. The van der Waals surface area contributed by atoms with Gasteiger partial charge in [0, 0.05) is 44.2 Å². The molecule has 2 heterocycles. The summed E-state index contributed by atoms with van der Waals surface area (Å²) in [6.45, 7) is 1.63. The number of carbonyl (C=O) groups is 3. The molecule has 2 aliphatic heterocycles. The Hall–Kier alpha value is -3.24. The largest absolute Gasteiger partial charge is 0.352 e. The van der Waals surface area contributed by atoms with Crippen molar-refractivity contribution in [3.63, 3.8) is 0 Å². The summed E-state index contributed by atoms with van der Waals surface area (Å²) in [4.78, 5) is 41.5. The maximum absolute atomic E-state index is 13.0. The average Bonchev–Trinajstić information content (AvgIpc) is 3.24. The predicted molar refractivity (Wildman–Crippen MR) is 126 cm³/mol. The van der Waals surface area contributed by atoms with Crippen molar-refractivity contribution in [2.24, 2.45) is 17.0 Å². The van der Waals surface area contributed by atoms with Crippen molar-refractivity contribution in [2.75, 3.05) is 24.5 Å². The summed E-state index contributed by atoms with van der Waals surface area (Å²) in [5, 5.41) is 7.98. The van der Waals surface area contributed by atoms with E-state index in [0.29, 0.717) is 32.5 Å². The molecule has 4 rings (SSSR count). The highest BCUT2D eigenvalue weighted by atomic mass is 32.2. The lowest BCUT2D eigenvalue weighted by atomic mass is 9.94. The number of sulfonamides is 1. The molecule has 0 saturated carbocycles. The molecule has 2 aromatic rings. The molecule has 180 valence electrons. The minimum atomic E-state index is -3.75. The molecule has 3 amide bonds.